The zero-order valence-electron chi connectivity index (χ0n) is 16.4. The Morgan fingerprint density at radius 2 is 1.59 bits per heavy atom. The summed E-state index contributed by atoms with van der Waals surface area (Å²) in [4.78, 5) is 35.1. The molecule has 0 aliphatic rings. The smallest absolute Gasteiger partial charge is 0.293 e. The van der Waals surface area contributed by atoms with Crippen LogP contribution < -0.4 is 25.6 Å². The van der Waals surface area contributed by atoms with Crippen LogP contribution in [-0.4, -0.2) is 37.0 Å². The van der Waals surface area contributed by atoms with Crippen LogP contribution in [0.4, 0.5) is 11.4 Å². The highest BCUT2D eigenvalue weighted by atomic mass is 16.6. The maximum Gasteiger partial charge on any atom is 0.293 e. The summed E-state index contributed by atoms with van der Waals surface area (Å²) in [5, 5.41) is 13.8. The summed E-state index contributed by atoms with van der Waals surface area (Å²) in [6, 6.07) is 8.53. The average Bonchev–Trinajstić information content (AvgIpc) is 2.70. The first-order valence-corrected chi connectivity index (χ1v) is 8.68. The summed E-state index contributed by atoms with van der Waals surface area (Å²) in [5.74, 6) is -0.430. The van der Waals surface area contributed by atoms with Crippen LogP contribution in [0, 0.1) is 10.1 Å². The lowest BCUT2D eigenvalue weighted by atomic mass is 10.1. The molecule has 0 unspecified atom stereocenters. The van der Waals surface area contributed by atoms with Crippen LogP contribution in [0.2, 0.25) is 0 Å². The Balaban J connectivity index is 2.10. The third-order valence-corrected chi connectivity index (χ3v) is 3.80. The highest BCUT2D eigenvalue weighted by Gasteiger charge is 2.18. The molecule has 2 aromatic rings. The Morgan fingerprint density at radius 3 is 2.10 bits per heavy atom. The summed E-state index contributed by atoms with van der Waals surface area (Å²) in [6.07, 6.45) is -0.0683. The minimum absolute atomic E-state index is 0.0225. The van der Waals surface area contributed by atoms with Crippen LogP contribution in [0.15, 0.2) is 36.4 Å². The molecule has 0 saturated heterocycles. The van der Waals surface area contributed by atoms with Crippen molar-refractivity contribution in [3.05, 3.63) is 57.6 Å². The van der Waals surface area contributed by atoms with E-state index in [1.165, 1.54) is 38.4 Å². The number of amides is 2. The quantitative estimate of drug-likeness (QED) is 0.479. The van der Waals surface area contributed by atoms with Crippen molar-refractivity contribution in [2.75, 3.05) is 19.5 Å². The number of hydrazine groups is 1. The number of nitrogens with one attached hydrogen (secondary N) is 3. The first kappa shape index (κ1) is 21.5. The number of carbonyl (C=O) groups excluding carboxylic acids is 2. The molecule has 0 bridgehead atoms. The highest BCUT2D eigenvalue weighted by molar-refractivity contribution is 6.00. The zero-order valence-corrected chi connectivity index (χ0v) is 16.4. The van der Waals surface area contributed by atoms with E-state index in [0.717, 1.165) is 6.07 Å². The lowest BCUT2D eigenvalue weighted by Gasteiger charge is -2.14. The molecule has 0 aromatic heterocycles. The van der Waals surface area contributed by atoms with E-state index in [2.05, 4.69) is 16.2 Å². The molecule has 2 amide bonds. The minimum Gasteiger partial charge on any atom is -0.493 e. The highest BCUT2D eigenvalue weighted by Crippen LogP contribution is 2.29. The van der Waals surface area contributed by atoms with E-state index >= 15 is 0 Å². The van der Waals surface area contributed by atoms with E-state index in [1.54, 1.807) is 6.07 Å². The Bertz CT molecular complexity index is 929. The zero-order chi connectivity index (χ0) is 21.6. The molecule has 0 radical (unpaired) electrons. The summed E-state index contributed by atoms with van der Waals surface area (Å²) in [5.41, 5.74) is 4.77. The molecule has 2 rings (SSSR count). The molecule has 0 heterocycles. The molecule has 10 nitrogen and oxygen atoms in total. The first-order chi connectivity index (χ1) is 13.8. The van der Waals surface area contributed by atoms with Gasteiger partial charge in [-0.1, -0.05) is 0 Å². The van der Waals surface area contributed by atoms with E-state index < -0.39 is 16.7 Å². The molecule has 29 heavy (non-hydrogen) atoms. The molecule has 0 aliphatic heterocycles. The van der Waals surface area contributed by atoms with Crippen molar-refractivity contribution in [1.82, 2.24) is 10.9 Å². The van der Waals surface area contributed by atoms with Crippen molar-refractivity contribution >= 4 is 23.2 Å². The second-order valence-electron chi connectivity index (χ2n) is 6.18. The molecule has 2 aromatic carbocycles. The molecule has 0 atom stereocenters. The number of nitro groups is 1. The van der Waals surface area contributed by atoms with Gasteiger partial charge >= 0.3 is 0 Å². The molecule has 10 heteroatoms. The monoisotopic (exact) mass is 402 g/mol. The molecule has 0 spiro atoms. The SMILES string of the molecule is CNc1ccc(C(=O)NNC(=O)c2ccc(OC(C)C)c(OC)c2)cc1[N+](=O)[O-]. The topological polar surface area (TPSA) is 132 Å². The Morgan fingerprint density at radius 1 is 1.00 bits per heavy atom. The fraction of sp³-hybridized carbons (Fsp3) is 0.263. The standard InChI is InChI=1S/C19H22N4O6/c1-11(2)29-16-8-6-13(10-17(16)28-4)19(25)22-21-18(24)12-5-7-14(20-3)15(9-12)23(26)27/h5-11,20H,1-4H3,(H,21,24)(H,22,25). The van der Waals surface area contributed by atoms with Gasteiger partial charge in [0.1, 0.15) is 5.69 Å². The van der Waals surface area contributed by atoms with Crippen LogP contribution in [0.1, 0.15) is 34.6 Å². The largest absolute Gasteiger partial charge is 0.493 e. The van der Waals surface area contributed by atoms with Crippen molar-refractivity contribution in [2.45, 2.75) is 20.0 Å². The van der Waals surface area contributed by atoms with E-state index in [-0.39, 0.29) is 28.6 Å². The van der Waals surface area contributed by atoms with Crippen molar-refractivity contribution in [2.24, 2.45) is 0 Å². The van der Waals surface area contributed by atoms with Crippen molar-refractivity contribution in [3.63, 3.8) is 0 Å². The number of carbonyl (C=O) groups is 2. The van der Waals surface area contributed by atoms with Crippen LogP contribution in [0.5, 0.6) is 11.5 Å². The number of methoxy groups -OCH3 is 1. The van der Waals surface area contributed by atoms with Gasteiger partial charge in [-0.05, 0) is 44.2 Å². The van der Waals surface area contributed by atoms with Gasteiger partial charge in [0.15, 0.2) is 11.5 Å². The Kier molecular flexibility index (Phi) is 6.96. The number of nitrogens with zero attached hydrogens (tertiary/aromatic N) is 1. The first-order valence-electron chi connectivity index (χ1n) is 8.68. The van der Waals surface area contributed by atoms with Gasteiger partial charge in [-0.3, -0.25) is 30.6 Å². The van der Waals surface area contributed by atoms with Crippen molar-refractivity contribution in [1.29, 1.82) is 0 Å². The Hall–Kier alpha value is -3.82. The van der Waals surface area contributed by atoms with Crippen molar-refractivity contribution in [3.8, 4) is 11.5 Å². The van der Waals surface area contributed by atoms with E-state index in [4.69, 9.17) is 9.47 Å². The molecular weight excluding hydrogens is 380 g/mol. The maximum atomic E-state index is 12.3. The predicted molar refractivity (Wildman–Crippen MR) is 106 cm³/mol. The van der Waals surface area contributed by atoms with Crippen LogP contribution in [0.3, 0.4) is 0 Å². The Labute approximate surface area is 167 Å². The van der Waals surface area contributed by atoms with Crippen LogP contribution in [0.25, 0.3) is 0 Å². The number of rotatable bonds is 7. The number of benzene rings is 2. The fourth-order valence-corrected chi connectivity index (χ4v) is 2.45. The molecule has 0 saturated carbocycles. The second kappa shape index (κ2) is 9.40. The van der Waals surface area contributed by atoms with Gasteiger partial charge in [0, 0.05) is 24.2 Å². The third kappa shape index (κ3) is 5.34. The normalized spacial score (nSPS) is 10.2. The predicted octanol–water partition coefficient (Wildman–Crippen LogP) is 2.51. The maximum absolute atomic E-state index is 12.3. The van der Waals surface area contributed by atoms with E-state index in [1.807, 2.05) is 13.8 Å². The number of anilines is 1. The summed E-state index contributed by atoms with van der Waals surface area (Å²) in [7, 11) is 2.99. The fourth-order valence-electron chi connectivity index (χ4n) is 2.45. The lowest BCUT2D eigenvalue weighted by Crippen LogP contribution is -2.41. The van der Waals surface area contributed by atoms with Gasteiger partial charge in [-0.25, -0.2) is 0 Å². The molecular formula is C19H22N4O6. The van der Waals surface area contributed by atoms with Gasteiger partial charge in [-0.15, -0.1) is 0 Å². The van der Waals surface area contributed by atoms with Crippen molar-refractivity contribution < 1.29 is 24.0 Å². The van der Waals surface area contributed by atoms with Crippen LogP contribution in [-0.2, 0) is 0 Å². The van der Waals surface area contributed by atoms with Gasteiger partial charge < -0.3 is 14.8 Å². The molecule has 3 N–H and O–H groups in total. The van der Waals surface area contributed by atoms with E-state index in [9.17, 15) is 19.7 Å². The second-order valence-corrected chi connectivity index (χ2v) is 6.18. The summed E-state index contributed by atoms with van der Waals surface area (Å²) >= 11 is 0. The third-order valence-electron chi connectivity index (χ3n) is 3.80. The number of hydrogen-bond acceptors (Lipinski definition) is 7. The number of hydrogen-bond donors (Lipinski definition) is 3. The van der Waals surface area contributed by atoms with Gasteiger partial charge in [0.05, 0.1) is 18.1 Å². The number of nitro benzene ring substituents is 1. The average molecular weight is 402 g/mol. The molecule has 154 valence electrons. The van der Waals surface area contributed by atoms with Gasteiger partial charge in [0.2, 0.25) is 0 Å². The van der Waals surface area contributed by atoms with E-state index in [0.29, 0.717) is 11.5 Å². The molecule has 0 fully saturated rings. The minimum atomic E-state index is -0.698. The summed E-state index contributed by atoms with van der Waals surface area (Å²) in [6.45, 7) is 3.73. The number of ether oxygens (including phenoxy) is 2. The van der Waals surface area contributed by atoms with Gasteiger partial charge in [-0.2, -0.15) is 0 Å². The van der Waals surface area contributed by atoms with Gasteiger partial charge in [0.25, 0.3) is 17.5 Å². The molecule has 0 aliphatic carbocycles. The lowest BCUT2D eigenvalue weighted by molar-refractivity contribution is -0.384. The summed E-state index contributed by atoms with van der Waals surface area (Å²) < 4.78 is 10.8. The van der Waals surface area contributed by atoms with Crippen LogP contribution >= 0.6 is 0 Å².